The number of thioether (sulfide) groups is 1. The Bertz CT molecular complexity index is 1150. The Morgan fingerprint density at radius 1 is 1.20 bits per heavy atom. The molecular formula is C20H18ClN5OS3. The maximum atomic E-state index is 12.8. The lowest BCUT2D eigenvalue weighted by Crippen LogP contribution is -2.13. The highest BCUT2D eigenvalue weighted by atomic mass is 35.5. The van der Waals surface area contributed by atoms with Crippen molar-refractivity contribution in [3.8, 4) is 0 Å². The van der Waals surface area contributed by atoms with Gasteiger partial charge in [-0.2, -0.15) is 5.10 Å². The van der Waals surface area contributed by atoms with Crippen molar-refractivity contribution in [3.05, 3.63) is 74.2 Å². The van der Waals surface area contributed by atoms with Gasteiger partial charge in [0.25, 0.3) is 5.91 Å². The number of anilines is 1. The van der Waals surface area contributed by atoms with E-state index < -0.39 is 0 Å². The van der Waals surface area contributed by atoms with Crippen molar-refractivity contribution >= 4 is 57.1 Å². The van der Waals surface area contributed by atoms with Gasteiger partial charge >= 0.3 is 0 Å². The molecule has 0 aliphatic rings. The maximum absolute atomic E-state index is 12.8. The number of aryl methyl sites for hydroxylation is 2. The minimum atomic E-state index is -0.335. The molecule has 0 atom stereocenters. The van der Waals surface area contributed by atoms with Crippen molar-refractivity contribution in [2.24, 2.45) is 0 Å². The van der Waals surface area contributed by atoms with Crippen LogP contribution in [0.2, 0.25) is 5.15 Å². The Labute approximate surface area is 191 Å². The van der Waals surface area contributed by atoms with Gasteiger partial charge in [-0.25, -0.2) is 4.68 Å². The molecule has 0 unspecified atom stereocenters. The number of rotatable bonds is 7. The standard InChI is InChI=1S/C20H18ClN5OS3/c1-12-5-7-14(8-6-12)10-26-17(21)16(13(2)25-26)18(27)22-19-23-24-20(30-19)29-11-15-4-3-9-28-15/h3-9H,10-11H2,1-2H3,(H,22,23,27). The quantitative estimate of drug-likeness (QED) is 0.276. The second-order valence-electron chi connectivity index (χ2n) is 6.59. The van der Waals surface area contributed by atoms with Crippen LogP contribution in [0.4, 0.5) is 5.13 Å². The Morgan fingerprint density at radius 3 is 2.73 bits per heavy atom. The summed E-state index contributed by atoms with van der Waals surface area (Å²) >= 11 is 11.1. The van der Waals surface area contributed by atoms with Gasteiger partial charge in [-0.15, -0.1) is 21.5 Å². The Hall–Kier alpha value is -2.20. The van der Waals surface area contributed by atoms with Crippen LogP contribution in [-0.2, 0) is 12.3 Å². The highest BCUT2D eigenvalue weighted by Crippen LogP contribution is 2.30. The second-order valence-corrected chi connectivity index (χ2v) is 10.2. The summed E-state index contributed by atoms with van der Waals surface area (Å²) in [5, 5.41) is 18.2. The SMILES string of the molecule is Cc1ccc(Cn2nc(C)c(C(=O)Nc3nnc(SCc4cccs4)s3)c2Cl)cc1. The fourth-order valence-corrected chi connectivity index (χ4v) is 5.63. The van der Waals surface area contributed by atoms with Gasteiger partial charge in [0, 0.05) is 10.6 Å². The van der Waals surface area contributed by atoms with Gasteiger partial charge in [-0.05, 0) is 30.9 Å². The molecule has 0 bridgehead atoms. The largest absolute Gasteiger partial charge is 0.296 e. The number of halogens is 1. The van der Waals surface area contributed by atoms with Crippen molar-refractivity contribution < 1.29 is 4.79 Å². The third kappa shape index (κ3) is 4.92. The average molecular weight is 476 g/mol. The summed E-state index contributed by atoms with van der Waals surface area (Å²) in [6, 6.07) is 12.2. The van der Waals surface area contributed by atoms with E-state index in [1.54, 1.807) is 34.7 Å². The summed E-state index contributed by atoms with van der Waals surface area (Å²) in [5.74, 6) is 0.496. The Kier molecular flexibility index (Phi) is 6.52. The first-order valence-electron chi connectivity index (χ1n) is 9.08. The molecule has 3 aromatic heterocycles. The lowest BCUT2D eigenvalue weighted by molar-refractivity contribution is 0.102. The van der Waals surface area contributed by atoms with Gasteiger partial charge in [-0.1, -0.05) is 70.6 Å². The van der Waals surface area contributed by atoms with Crippen LogP contribution in [0.3, 0.4) is 0 Å². The van der Waals surface area contributed by atoms with E-state index in [4.69, 9.17) is 11.6 Å². The summed E-state index contributed by atoms with van der Waals surface area (Å²) in [7, 11) is 0. The highest BCUT2D eigenvalue weighted by Gasteiger charge is 2.22. The minimum Gasteiger partial charge on any atom is -0.296 e. The number of amides is 1. The molecule has 154 valence electrons. The van der Waals surface area contributed by atoms with Crippen LogP contribution >= 0.6 is 46.0 Å². The number of aromatic nitrogens is 4. The lowest BCUT2D eigenvalue weighted by Gasteiger charge is -2.05. The first-order chi connectivity index (χ1) is 14.5. The Morgan fingerprint density at radius 2 is 2.00 bits per heavy atom. The first-order valence-corrected chi connectivity index (χ1v) is 12.1. The van der Waals surface area contributed by atoms with Gasteiger partial charge in [-0.3, -0.25) is 10.1 Å². The number of hydrogen-bond donors (Lipinski definition) is 1. The molecule has 0 aliphatic heterocycles. The van der Waals surface area contributed by atoms with Crippen LogP contribution in [0.1, 0.15) is 32.1 Å². The van der Waals surface area contributed by atoms with Crippen LogP contribution in [-0.4, -0.2) is 25.9 Å². The topological polar surface area (TPSA) is 72.7 Å². The molecule has 0 fully saturated rings. The molecule has 1 N–H and O–H groups in total. The molecule has 3 heterocycles. The van der Waals surface area contributed by atoms with E-state index >= 15 is 0 Å². The van der Waals surface area contributed by atoms with Gasteiger partial charge in [0.1, 0.15) is 5.15 Å². The van der Waals surface area contributed by atoms with E-state index in [9.17, 15) is 4.79 Å². The van der Waals surface area contributed by atoms with E-state index in [-0.39, 0.29) is 5.91 Å². The van der Waals surface area contributed by atoms with Crippen molar-refractivity contribution in [1.29, 1.82) is 0 Å². The normalized spacial score (nSPS) is 11.0. The summed E-state index contributed by atoms with van der Waals surface area (Å²) in [6.07, 6.45) is 0. The van der Waals surface area contributed by atoms with Crippen LogP contribution in [0.15, 0.2) is 46.1 Å². The summed E-state index contributed by atoms with van der Waals surface area (Å²) in [4.78, 5) is 14.1. The lowest BCUT2D eigenvalue weighted by atomic mass is 10.1. The number of thiophene rings is 1. The zero-order valence-corrected chi connectivity index (χ0v) is 19.5. The summed E-state index contributed by atoms with van der Waals surface area (Å²) in [6.45, 7) is 4.31. The van der Waals surface area contributed by atoms with E-state index in [2.05, 4.69) is 26.7 Å². The molecule has 30 heavy (non-hydrogen) atoms. The molecule has 4 aromatic rings. The summed E-state index contributed by atoms with van der Waals surface area (Å²) < 4.78 is 2.44. The minimum absolute atomic E-state index is 0.308. The first kappa shape index (κ1) is 21.0. The third-order valence-corrected chi connectivity index (χ3v) is 7.75. The van der Waals surface area contributed by atoms with Crippen LogP contribution in [0, 0.1) is 13.8 Å². The maximum Gasteiger partial charge on any atom is 0.262 e. The molecule has 0 spiro atoms. The number of carbonyl (C=O) groups excluding carboxylic acids is 1. The van der Waals surface area contributed by atoms with Gasteiger partial charge in [0.15, 0.2) is 4.34 Å². The average Bonchev–Trinajstić information content (AvgIpc) is 3.44. The van der Waals surface area contributed by atoms with Gasteiger partial charge < -0.3 is 0 Å². The Balaban J connectivity index is 1.43. The molecule has 0 saturated heterocycles. The monoisotopic (exact) mass is 475 g/mol. The predicted molar refractivity (Wildman–Crippen MR) is 124 cm³/mol. The number of hydrogen-bond acceptors (Lipinski definition) is 7. The fraction of sp³-hybridized carbons (Fsp3) is 0.200. The van der Waals surface area contributed by atoms with Gasteiger partial charge in [0.2, 0.25) is 5.13 Å². The van der Waals surface area contributed by atoms with Crippen molar-refractivity contribution in [2.45, 2.75) is 30.5 Å². The molecular weight excluding hydrogens is 458 g/mol. The van der Waals surface area contributed by atoms with Gasteiger partial charge in [0.05, 0.1) is 17.8 Å². The third-order valence-electron chi connectivity index (χ3n) is 4.29. The van der Waals surface area contributed by atoms with Crippen LogP contribution < -0.4 is 5.32 Å². The van der Waals surface area contributed by atoms with E-state index in [0.717, 1.165) is 15.7 Å². The van der Waals surface area contributed by atoms with Crippen molar-refractivity contribution in [2.75, 3.05) is 5.32 Å². The zero-order valence-electron chi connectivity index (χ0n) is 16.3. The fourth-order valence-electron chi connectivity index (χ4n) is 2.79. The van der Waals surface area contributed by atoms with Crippen LogP contribution in [0.25, 0.3) is 0 Å². The molecule has 4 rings (SSSR count). The molecule has 1 aromatic carbocycles. The van der Waals surface area contributed by atoms with E-state index in [1.165, 1.54) is 21.8 Å². The van der Waals surface area contributed by atoms with Crippen molar-refractivity contribution in [3.63, 3.8) is 0 Å². The molecule has 6 nitrogen and oxygen atoms in total. The predicted octanol–water partition coefficient (Wildman–Crippen LogP) is 5.66. The smallest absolute Gasteiger partial charge is 0.262 e. The molecule has 0 saturated carbocycles. The second kappa shape index (κ2) is 9.30. The highest BCUT2D eigenvalue weighted by molar-refractivity contribution is 8.00. The summed E-state index contributed by atoms with van der Waals surface area (Å²) in [5.41, 5.74) is 3.17. The number of benzene rings is 1. The molecule has 10 heteroatoms. The molecule has 1 amide bonds. The number of carbonyl (C=O) groups is 1. The van der Waals surface area contributed by atoms with Crippen molar-refractivity contribution in [1.82, 2.24) is 20.0 Å². The van der Waals surface area contributed by atoms with E-state index in [0.29, 0.717) is 28.1 Å². The molecule has 0 aliphatic carbocycles. The van der Waals surface area contributed by atoms with Crippen LogP contribution in [0.5, 0.6) is 0 Å². The zero-order chi connectivity index (χ0) is 21.1. The number of nitrogens with one attached hydrogen (secondary N) is 1. The van der Waals surface area contributed by atoms with E-state index in [1.807, 2.05) is 42.6 Å². The molecule has 0 radical (unpaired) electrons. The number of nitrogens with zero attached hydrogens (tertiary/aromatic N) is 4.